The number of carbonyl (C=O) groups excluding carboxylic acids is 1. The predicted octanol–water partition coefficient (Wildman–Crippen LogP) is 3.93. The average molecular weight is 357 g/mol. The fourth-order valence-corrected chi connectivity index (χ4v) is 3.20. The van der Waals surface area contributed by atoms with Crippen molar-refractivity contribution >= 4 is 5.91 Å². The molecule has 5 heteroatoms. The number of carbonyl (C=O) groups is 1. The first kappa shape index (κ1) is 18.4. The maximum Gasteiger partial charge on any atom is 0.252 e. The first-order valence-electron chi connectivity index (χ1n) is 8.94. The van der Waals surface area contributed by atoms with Crippen LogP contribution in [-0.4, -0.2) is 30.6 Å². The van der Waals surface area contributed by atoms with Gasteiger partial charge in [-0.05, 0) is 43.0 Å². The van der Waals surface area contributed by atoms with Gasteiger partial charge in [-0.1, -0.05) is 30.3 Å². The van der Waals surface area contributed by atoms with Gasteiger partial charge < -0.3 is 14.4 Å². The van der Waals surface area contributed by atoms with Crippen molar-refractivity contribution in [3.63, 3.8) is 0 Å². The number of hydrogen-bond donors (Lipinski definition) is 0. The van der Waals surface area contributed by atoms with Crippen molar-refractivity contribution in [1.82, 2.24) is 4.90 Å². The Morgan fingerprint density at radius 2 is 1.92 bits per heavy atom. The van der Waals surface area contributed by atoms with E-state index in [2.05, 4.69) is 0 Å². The van der Waals surface area contributed by atoms with Gasteiger partial charge in [-0.2, -0.15) is 0 Å². The lowest BCUT2D eigenvalue weighted by Crippen LogP contribution is -2.41. The van der Waals surface area contributed by atoms with E-state index < -0.39 is 6.10 Å². The zero-order chi connectivity index (χ0) is 18.4. The molecule has 0 N–H and O–H groups in total. The smallest absolute Gasteiger partial charge is 0.252 e. The molecule has 2 aromatic rings. The van der Waals surface area contributed by atoms with E-state index >= 15 is 0 Å². The second-order valence-corrected chi connectivity index (χ2v) is 6.49. The molecule has 2 aromatic carbocycles. The Labute approximate surface area is 153 Å². The summed E-state index contributed by atoms with van der Waals surface area (Å²) < 4.78 is 24.3. The first-order valence-corrected chi connectivity index (χ1v) is 8.94. The molecule has 1 saturated heterocycles. The SMILES string of the molecule is COc1ccccc1CN(Cc1ccc(F)cc1)C(=O)C1CCCCO1. The molecule has 1 unspecified atom stereocenters. The minimum absolute atomic E-state index is 0.0278. The molecule has 3 rings (SSSR count). The molecule has 138 valence electrons. The fourth-order valence-electron chi connectivity index (χ4n) is 3.20. The molecule has 0 bridgehead atoms. The van der Waals surface area contributed by atoms with Crippen LogP contribution in [0.5, 0.6) is 5.75 Å². The average Bonchev–Trinajstić information content (AvgIpc) is 2.69. The highest BCUT2D eigenvalue weighted by molar-refractivity contribution is 5.81. The molecule has 1 aliphatic rings. The summed E-state index contributed by atoms with van der Waals surface area (Å²) in [7, 11) is 1.62. The van der Waals surface area contributed by atoms with Gasteiger partial charge in [0.2, 0.25) is 0 Å². The molecule has 4 nitrogen and oxygen atoms in total. The Kier molecular flexibility index (Phi) is 6.23. The Balaban J connectivity index is 1.82. The second-order valence-electron chi connectivity index (χ2n) is 6.49. The van der Waals surface area contributed by atoms with Gasteiger partial charge in [0.05, 0.1) is 7.11 Å². The number of halogens is 1. The number of hydrogen-bond acceptors (Lipinski definition) is 3. The lowest BCUT2D eigenvalue weighted by molar-refractivity contribution is -0.147. The number of para-hydroxylation sites is 1. The molecule has 26 heavy (non-hydrogen) atoms. The number of amides is 1. The summed E-state index contributed by atoms with van der Waals surface area (Å²) in [5, 5.41) is 0. The first-order chi connectivity index (χ1) is 12.7. The third kappa shape index (κ3) is 4.61. The van der Waals surface area contributed by atoms with Crippen molar-refractivity contribution in [1.29, 1.82) is 0 Å². The number of benzene rings is 2. The van der Waals surface area contributed by atoms with E-state index in [9.17, 15) is 9.18 Å². The maximum atomic E-state index is 13.2. The van der Waals surface area contributed by atoms with E-state index in [1.165, 1.54) is 12.1 Å². The van der Waals surface area contributed by atoms with Gasteiger partial charge in [-0.25, -0.2) is 4.39 Å². The van der Waals surface area contributed by atoms with Crippen molar-refractivity contribution in [2.24, 2.45) is 0 Å². The van der Waals surface area contributed by atoms with Gasteiger partial charge in [0, 0.05) is 25.3 Å². The van der Waals surface area contributed by atoms with Crippen molar-refractivity contribution in [3.05, 3.63) is 65.5 Å². The highest BCUT2D eigenvalue weighted by Gasteiger charge is 2.27. The zero-order valence-electron chi connectivity index (χ0n) is 15.0. The number of rotatable bonds is 6. The molecule has 1 fully saturated rings. The monoisotopic (exact) mass is 357 g/mol. The van der Waals surface area contributed by atoms with E-state index in [1.807, 2.05) is 24.3 Å². The molecule has 0 aliphatic carbocycles. The summed E-state index contributed by atoms with van der Waals surface area (Å²) >= 11 is 0. The van der Waals surface area contributed by atoms with Crippen LogP contribution in [0, 0.1) is 5.82 Å². The summed E-state index contributed by atoms with van der Waals surface area (Å²) in [5.41, 5.74) is 1.81. The van der Waals surface area contributed by atoms with E-state index in [0.29, 0.717) is 19.7 Å². The van der Waals surface area contributed by atoms with Gasteiger partial charge >= 0.3 is 0 Å². The summed E-state index contributed by atoms with van der Waals surface area (Å²) in [5.74, 6) is 0.431. The number of nitrogens with zero attached hydrogens (tertiary/aromatic N) is 1. The van der Waals surface area contributed by atoms with Crippen LogP contribution in [0.4, 0.5) is 4.39 Å². The summed E-state index contributed by atoms with van der Waals surface area (Å²) in [6.07, 6.45) is 2.33. The van der Waals surface area contributed by atoms with Crippen LogP contribution in [0.2, 0.25) is 0 Å². The largest absolute Gasteiger partial charge is 0.496 e. The second kappa shape index (κ2) is 8.81. The lowest BCUT2D eigenvalue weighted by atomic mass is 10.1. The topological polar surface area (TPSA) is 38.8 Å². The Morgan fingerprint density at radius 3 is 2.62 bits per heavy atom. The maximum absolute atomic E-state index is 13.2. The van der Waals surface area contributed by atoms with Crippen molar-refractivity contribution in [2.45, 2.75) is 38.5 Å². The minimum atomic E-state index is -0.404. The van der Waals surface area contributed by atoms with Gasteiger partial charge in [0.15, 0.2) is 0 Å². The molecule has 1 aliphatic heterocycles. The summed E-state index contributed by atoms with van der Waals surface area (Å²) in [6.45, 7) is 1.44. The van der Waals surface area contributed by atoms with Crippen LogP contribution in [0.3, 0.4) is 0 Å². The molecular formula is C21H24FNO3. The van der Waals surface area contributed by atoms with Crippen LogP contribution >= 0.6 is 0 Å². The minimum Gasteiger partial charge on any atom is -0.496 e. The third-order valence-corrected chi connectivity index (χ3v) is 4.61. The highest BCUT2D eigenvalue weighted by atomic mass is 19.1. The van der Waals surface area contributed by atoms with E-state index in [0.717, 1.165) is 36.1 Å². The van der Waals surface area contributed by atoms with Crippen LogP contribution in [-0.2, 0) is 22.6 Å². The predicted molar refractivity (Wildman–Crippen MR) is 97.2 cm³/mol. The highest BCUT2D eigenvalue weighted by Crippen LogP contribution is 2.23. The van der Waals surface area contributed by atoms with E-state index in [-0.39, 0.29) is 11.7 Å². The van der Waals surface area contributed by atoms with E-state index in [4.69, 9.17) is 9.47 Å². The Morgan fingerprint density at radius 1 is 1.15 bits per heavy atom. The Hall–Kier alpha value is -2.40. The zero-order valence-corrected chi connectivity index (χ0v) is 15.0. The molecule has 1 heterocycles. The van der Waals surface area contributed by atoms with Gasteiger partial charge in [0.1, 0.15) is 17.7 Å². The molecule has 0 saturated carbocycles. The van der Waals surface area contributed by atoms with Crippen LogP contribution < -0.4 is 4.74 Å². The molecule has 0 radical (unpaired) electrons. The standard InChI is InChI=1S/C21H24FNO3/c1-25-19-7-3-2-6-17(19)15-23(14-16-9-11-18(22)12-10-16)21(24)20-8-4-5-13-26-20/h2-3,6-7,9-12,20H,4-5,8,13-15H2,1H3. The summed E-state index contributed by atoms with van der Waals surface area (Å²) in [4.78, 5) is 14.8. The quantitative estimate of drug-likeness (QED) is 0.786. The van der Waals surface area contributed by atoms with E-state index in [1.54, 1.807) is 24.1 Å². The van der Waals surface area contributed by atoms with Crippen LogP contribution in [0.25, 0.3) is 0 Å². The normalized spacial score (nSPS) is 16.9. The van der Waals surface area contributed by atoms with Crippen molar-refractivity contribution in [2.75, 3.05) is 13.7 Å². The molecule has 1 atom stereocenters. The number of methoxy groups -OCH3 is 1. The van der Waals surface area contributed by atoms with Crippen molar-refractivity contribution < 1.29 is 18.7 Å². The summed E-state index contributed by atoms with van der Waals surface area (Å²) in [6, 6.07) is 13.9. The van der Waals surface area contributed by atoms with Crippen LogP contribution in [0.15, 0.2) is 48.5 Å². The lowest BCUT2D eigenvalue weighted by Gasteiger charge is -2.30. The molecule has 1 amide bonds. The third-order valence-electron chi connectivity index (χ3n) is 4.61. The molecular weight excluding hydrogens is 333 g/mol. The molecule has 0 aromatic heterocycles. The Bertz CT molecular complexity index is 726. The van der Waals surface area contributed by atoms with Gasteiger partial charge in [-0.15, -0.1) is 0 Å². The van der Waals surface area contributed by atoms with Crippen molar-refractivity contribution in [3.8, 4) is 5.75 Å². The fraction of sp³-hybridized carbons (Fsp3) is 0.381. The number of ether oxygens (including phenoxy) is 2. The van der Waals surface area contributed by atoms with Crippen LogP contribution in [0.1, 0.15) is 30.4 Å². The van der Waals surface area contributed by atoms with Gasteiger partial charge in [-0.3, -0.25) is 4.79 Å². The molecule has 0 spiro atoms. The van der Waals surface area contributed by atoms with Gasteiger partial charge in [0.25, 0.3) is 5.91 Å².